The molecule has 3 rings (SSSR count). The zero-order valence-electron chi connectivity index (χ0n) is 16.8. The Balaban J connectivity index is 1.79. The second kappa shape index (κ2) is 10.3. The normalized spacial score (nSPS) is 11.3. The first-order chi connectivity index (χ1) is 14.9. The lowest BCUT2D eigenvalue weighted by Crippen LogP contribution is -2.27. The Morgan fingerprint density at radius 2 is 1.87 bits per heavy atom. The van der Waals surface area contributed by atoms with E-state index in [1.165, 1.54) is 18.5 Å². The Labute approximate surface area is 183 Å². The molecule has 0 amide bonds. The van der Waals surface area contributed by atoms with Crippen LogP contribution >= 0.6 is 11.6 Å². The van der Waals surface area contributed by atoms with Gasteiger partial charge < -0.3 is 20.1 Å². The minimum absolute atomic E-state index is 0.0128. The molecular weight excluding hydrogens is 428 g/mol. The number of anilines is 2. The van der Waals surface area contributed by atoms with Gasteiger partial charge in [-0.25, -0.2) is 15.0 Å². The Hall–Kier alpha value is -3.04. The van der Waals surface area contributed by atoms with Gasteiger partial charge in [0.2, 0.25) is 0 Å². The monoisotopic (exact) mass is 449 g/mol. The van der Waals surface area contributed by atoms with Crippen molar-refractivity contribution >= 4 is 23.1 Å². The molecule has 2 aromatic heterocycles. The molecule has 0 radical (unpaired) electrons. The lowest BCUT2D eigenvalue weighted by Gasteiger charge is -2.24. The minimum Gasteiger partial charge on any atom is -0.420 e. The fourth-order valence-corrected chi connectivity index (χ4v) is 3.10. The summed E-state index contributed by atoms with van der Waals surface area (Å²) in [5, 5.41) is 12.6. The van der Waals surface area contributed by atoms with E-state index >= 15 is 0 Å². The van der Waals surface area contributed by atoms with Gasteiger partial charge in [0, 0.05) is 66.6 Å². The van der Waals surface area contributed by atoms with Crippen molar-refractivity contribution in [2.75, 3.05) is 29.9 Å². The second-order valence-corrected chi connectivity index (χ2v) is 7.01. The molecule has 0 aliphatic rings. The molecule has 7 nitrogen and oxygen atoms in total. The summed E-state index contributed by atoms with van der Waals surface area (Å²) in [5.74, 6) is 0.699. The van der Waals surface area contributed by atoms with Crippen LogP contribution in [-0.2, 0) is 6.54 Å². The van der Waals surface area contributed by atoms with E-state index in [2.05, 4.69) is 25.0 Å². The lowest BCUT2D eigenvalue weighted by atomic mass is 10.1. The average Bonchev–Trinajstić information content (AvgIpc) is 2.76. The fourth-order valence-electron chi connectivity index (χ4n) is 3.01. The number of hydrogen-bond acceptors (Lipinski definition) is 7. The van der Waals surface area contributed by atoms with E-state index < -0.39 is 5.57 Å². The molecule has 164 valence electrons. The molecule has 2 N–H and O–H groups in total. The first-order valence-corrected chi connectivity index (χ1v) is 9.97. The molecule has 1 aromatic carbocycles. The number of halogens is 3. The van der Waals surface area contributed by atoms with Crippen LogP contribution in [0.1, 0.15) is 12.5 Å². The number of likely N-dealkylation sites (N-methyl/N-ethyl adjacent to an activating group) is 1. The maximum absolute atomic E-state index is 12.7. The summed E-state index contributed by atoms with van der Waals surface area (Å²) < 4.78 is 29.7. The molecule has 0 spiro atoms. The van der Waals surface area contributed by atoms with E-state index in [0.717, 1.165) is 28.2 Å². The van der Waals surface area contributed by atoms with Crippen LogP contribution in [0.15, 0.2) is 55.2 Å². The summed E-state index contributed by atoms with van der Waals surface area (Å²) in [7, 11) is 0. The van der Waals surface area contributed by atoms with Crippen LogP contribution in [-0.4, -0.2) is 45.3 Å². The van der Waals surface area contributed by atoms with Crippen molar-refractivity contribution in [3.8, 4) is 16.9 Å². The van der Waals surface area contributed by atoms with Crippen LogP contribution in [0.4, 0.5) is 20.3 Å². The molecule has 2 heterocycles. The van der Waals surface area contributed by atoms with Crippen LogP contribution in [0.5, 0.6) is 5.75 Å². The number of nitrogens with one attached hydrogen (secondary N) is 1. The molecule has 0 saturated carbocycles. The summed E-state index contributed by atoms with van der Waals surface area (Å²) >= 11 is 4.77. The zero-order chi connectivity index (χ0) is 22.3. The molecule has 10 heteroatoms. The van der Waals surface area contributed by atoms with Crippen molar-refractivity contribution in [2.45, 2.75) is 19.0 Å². The van der Waals surface area contributed by atoms with Gasteiger partial charge in [-0.1, -0.05) is 0 Å². The average molecular weight is 450 g/mol. The van der Waals surface area contributed by atoms with Crippen molar-refractivity contribution < 1.29 is 18.6 Å². The smallest absolute Gasteiger partial charge is 0.420 e. The highest BCUT2D eigenvalue weighted by atomic mass is 35.5. The van der Waals surface area contributed by atoms with Gasteiger partial charge in [0.15, 0.2) is 0 Å². The van der Waals surface area contributed by atoms with E-state index in [1.807, 2.05) is 17.9 Å². The van der Waals surface area contributed by atoms with Gasteiger partial charge in [0.05, 0.1) is 6.61 Å². The number of nitrogens with zero attached hydrogens (tertiary/aromatic N) is 4. The molecule has 0 atom stereocenters. The van der Waals surface area contributed by atoms with Gasteiger partial charge in [0.25, 0.3) is 0 Å². The highest BCUT2D eigenvalue weighted by Gasteiger charge is 2.27. The maximum atomic E-state index is 12.7. The van der Waals surface area contributed by atoms with E-state index in [1.54, 1.807) is 30.7 Å². The number of aromatic nitrogens is 3. The second-order valence-electron chi connectivity index (χ2n) is 6.57. The number of hydrogen-bond donors (Lipinski definition) is 2. The van der Waals surface area contributed by atoms with Crippen LogP contribution in [0, 0.1) is 0 Å². The zero-order valence-corrected chi connectivity index (χ0v) is 17.6. The number of alkyl halides is 3. The number of benzene rings is 1. The molecule has 0 bridgehead atoms. The third kappa shape index (κ3) is 6.47. The molecule has 0 fully saturated rings. The number of ether oxygens (including phenoxy) is 1. The van der Waals surface area contributed by atoms with Crippen molar-refractivity contribution in [2.24, 2.45) is 0 Å². The largest absolute Gasteiger partial charge is 0.487 e. The lowest BCUT2D eigenvalue weighted by molar-refractivity contribution is -0.0964. The van der Waals surface area contributed by atoms with Crippen LogP contribution in [0.2, 0.25) is 0 Å². The maximum Gasteiger partial charge on any atom is 0.487 e. The standard InChI is InChI=1S/C21H22ClF2N5O2/c1-2-29(7-8-30)20-19(16-12-25-14-26-13-16)9-15(11-28-20)10-27-17-3-5-18(6-4-17)31-21(22,23)24/h3-6,9,11-14,27,30H,2,7-8,10H2,1H3. The third-order valence-electron chi connectivity index (χ3n) is 4.43. The number of pyridine rings is 1. The van der Waals surface area contributed by atoms with E-state index in [0.29, 0.717) is 19.6 Å². The molecule has 0 saturated heterocycles. The van der Waals surface area contributed by atoms with Crippen LogP contribution < -0.4 is 15.0 Å². The van der Waals surface area contributed by atoms with Crippen molar-refractivity contribution in [1.29, 1.82) is 0 Å². The molecule has 0 unspecified atom stereocenters. The predicted molar refractivity (Wildman–Crippen MR) is 115 cm³/mol. The summed E-state index contributed by atoms with van der Waals surface area (Å²) in [6.07, 6.45) is 6.63. The van der Waals surface area contributed by atoms with Crippen LogP contribution in [0.25, 0.3) is 11.1 Å². The number of aliphatic hydroxyl groups is 1. The van der Waals surface area contributed by atoms with Crippen LogP contribution in [0.3, 0.4) is 0 Å². The van der Waals surface area contributed by atoms with Gasteiger partial charge in [-0.3, -0.25) is 0 Å². The predicted octanol–water partition coefficient (Wildman–Crippen LogP) is 4.14. The molecule has 0 aliphatic carbocycles. The summed E-state index contributed by atoms with van der Waals surface area (Å²) in [6.45, 7) is 3.59. The van der Waals surface area contributed by atoms with Gasteiger partial charge in [0.1, 0.15) is 17.9 Å². The quantitative estimate of drug-likeness (QED) is 0.450. The summed E-state index contributed by atoms with van der Waals surface area (Å²) in [6, 6.07) is 8.03. The van der Waals surface area contributed by atoms with Gasteiger partial charge >= 0.3 is 5.57 Å². The Kier molecular flexibility index (Phi) is 7.54. The van der Waals surface area contributed by atoms with Crippen molar-refractivity contribution in [1.82, 2.24) is 15.0 Å². The molecule has 0 aliphatic heterocycles. The molecular formula is C21H22ClF2N5O2. The van der Waals surface area contributed by atoms with Gasteiger partial charge in [-0.15, -0.1) is 8.78 Å². The van der Waals surface area contributed by atoms with Crippen molar-refractivity contribution in [3.63, 3.8) is 0 Å². The Morgan fingerprint density at radius 1 is 1.16 bits per heavy atom. The topological polar surface area (TPSA) is 83.4 Å². The van der Waals surface area contributed by atoms with Gasteiger partial charge in [-0.05, 0) is 42.8 Å². The Morgan fingerprint density at radius 3 is 2.48 bits per heavy atom. The van der Waals surface area contributed by atoms with E-state index in [-0.39, 0.29) is 12.4 Å². The highest BCUT2D eigenvalue weighted by molar-refractivity contribution is 6.20. The minimum atomic E-state index is -3.75. The summed E-state index contributed by atoms with van der Waals surface area (Å²) in [4.78, 5) is 14.8. The molecule has 3 aromatic rings. The van der Waals surface area contributed by atoms with E-state index in [4.69, 9.17) is 11.6 Å². The Bertz CT molecular complexity index is 972. The number of aliphatic hydroxyl groups excluding tert-OH is 1. The fraction of sp³-hybridized carbons (Fsp3) is 0.286. The number of rotatable bonds is 10. The first kappa shape index (κ1) is 22.6. The van der Waals surface area contributed by atoms with E-state index in [9.17, 15) is 13.9 Å². The summed E-state index contributed by atoms with van der Waals surface area (Å²) in [5.41, 5.74) is -0.470. The molecule has 31 heavy (non-hydrogen) atoms. The highest BCUT2D eigenvalue weighted by Crippen LogP contribution is 2.30. The van der Waals surface area contributed by atoms with Crippen molar-refractivity contribution in [3.05, 3.63) is 60.8 Å². The SMILES string of the molecule is CCN(CCO)c1ncc(CNc2ccc(OC(F)(F)Cl)cc2)cc1-c1cncnc1. The third-order valence-corrected chi connectivity index (χ3v) is 4.51. The first-order valence-electron chi connectivity index (χ1n) is 9.59. The van der Waals surface area contributed by atoms with Gasteiger partial charge in [-0.2, -0.15) is 0 Å².